The molecule has 1 fully saturated rings. The van der Waals surface area contributed by atoms with Crippen LogP contribution in [0.5, 0.6) is 0 Å². The van der Waals surface area contributed by atoms with E-state index in [0.29, 0.717) is 17.8 Å². The minimum atomic E-state index is -0.0965. The van der Waals surface area contributed by atoms with Crippen LogP contribution in [0.3, 0.4) is 0 Å². The van der Waals surface area contributed by atoms with Crippen LogP contribution in [0.1, 0.15) is 28.1 Å². The number of fused-ring (bicyclic) bond motifs is 3. The van der Waals surface area contributed by atoms with Gasteiger partial charge in [-0.05, 0) is 30.2 Å². The fourth-order valence-electron chi connectivity index (χ4n) is 3.34. The predicted molar refractivity (Wildman–Crippen MR) is 108 cm³/mol. The second-order valence-corrected chi connectivity index (χ2v) is 8.37. The summed E-state index contributed by atoms with van der Waals surface area (Å²) >= 11 is 2.99. The van der Waals surface area contributed by atoms with Crippen LogP contribution in [0.25, 0.3) is 15.3 Å². The minimum absolute atomic E-state index is 0.0965. The van der Waals surface area contributed by atoms with Gasteiger partial charge in [0.25, 0.3) is 5.91 Å². The van der Waals surface area contributed by atoms with Crippen molar-refractivity contribution in [1.82, 2.24) is 14.7 Å². The number of amides is 2. The standard InChI is InChI=1S/C19H16N4O2S2/c24-16-2-1-7-22(16)13-5-3-12(4-6-13)11-20-17(25)15-10-14-18(27-15)21-19-23(14)8-9-26-19/h3-6,8-10H,1-2,7,11H2,(H,20,25). The summed E-state index contributed by atoms with van der Waals surface area (Å²) < 4.78 is 2.01. The summed E-state index contributed by atoms with van der Waals surface area (Å²) in [5, 5.41) is 4.95. The number of hydrogen-bond acceptors (Lipinski definition) is 5. The zero-order valence-electron chi connectivity index (χ0n) is 14.3. The fourth-order valence-corrected chi connectivity index (χ4v) is 5.06. The fraction of sp³-hybridized carbons (Fsp3) is 0.211. The highest BCUT2D eigenvalue weighted by atomic mass is 32.1. The molecule has 1 aromatic carbocycles. The monoisotopic (exact) mass is 396 g/mol. The van der Waals surface area contributed by atoms with Crippen molar-refractivity contribution in [3.8, 4) is 0 Å². The number of carbonyl (C=O) groups excluding carboxylic acids is 2. The number of anilines is 1. The van der Waals surface area contributed by atoms with E-state index < -0.39 is 0 Å². The Balaban J connectivity index is 1.27. The maximum atomic E-state index is 12.5. The highest BCUT2D eigenvalue weighted by molar-refractivity contribution is 7.21. The highest BCUT2D eigenvalue weighted by Gasteiger charge is 2.21. The van der Waals surface area contributed by atoms with Gasteiger partial charge in [-0.15, -0.1) is 22.7 Å². The Morgan fingerprint density at radius 3 is 2.89 bits per heavy atom. The first-order valence-electron chi connectivity index (χ1n) is 8.72. The van der Waals surface area contributed by atoms with Gasteiger partial charge in [0.1, 0.15) is 4.83 Å². The van der Waals surface area contributed by atoms with E-state index in [9.17, 15) is 9.59 Å². The van der Waals surface area contributed by atoms with Gasteiger partial charge in [0, 0.05) is 36.8 Å². The van der Waals surface area contributed by atoms with Gasteiger partial charge in [0.15, 0.2) is 4.96 Å². The smallest absolute Gasteiger partial charge is 0.261 e. The summed E-state index contributed by atoms with van der Waals surface area (Å²) in [7, 11) is 0. The Hall–Kier alpha value is -2.71. The number of thiazole rings is 1. The molecule has 0 aliphatic carbocycles. The molecule has 0 bridgehead atoms. The van der Waals surface area contributed by atoms with Crippen LogP contribution in [-0.4, -0.2) is 27.7 Å². The highest BCUT2D eigenvalue weighted by Crippen LogP contribution is 2.28. The van der Waals surface area contributed by atoms with Crippen molar-refractivity contribution in [2.24, 2.45) is 0 Å². The number of benzene rings is 1. The summed E-state index contributed by atoms with van der Waals surface area (Å²) in [6.07, 6.45) is 3.51. The second-order valence-electron chi connectivity index (χ2n) is 6.47. The largest absolute Gasteiger partial charge is 0.347 e. The van der Waals surface area contributed by atoms with Crippen LogP contribution in [0.2, 0.25) is 0 Å². The average Bonchev–Trinajstić information content (AvgIpc) is 3.42. The van der Waals surface area contributed by atoms with E-state index in [1.165, 1.54) is 11.3 Å². The van der Waals surface area contributed by atoms with Gasteiger partial charge in [-0.25, -0.2) is 4.98 Å². The molecule has 8 heteroatoms. The SMILES string of the molecule is O=C(NCc1ccc(N2CCCC2=O)cc1)c1cc2c(nc3sccn32)s1. The zero-order chi connectivity index (χ0) is 18.4. The third-order valence-corrected chi connectivity index (χ3v) is 6.51. The Morgan fingerprint density at radius 2 is 2.11 bits per heavy atom. The molecule has 3 aromatic heterocycles. The number of rotatable bonds is 4. The van der Waals surface area contributed by atoms with Crippen LogP contribution in [0.15, 0.2) is 41.9 Å². The van der Waals surface area contributed by atoms with E-state index in [1.807, 2.05) is 51.2 Å². The molecule has 0 unspecified atom stereocenters. The normalized spacial score (nSPS) is 14.5. The molecule has 2 amide bonds. The molecule has 0 spiro atoms. The lowest BCUT2D eigenvalue weighted by molar-refractivity contribution is -0.117. The summed E-state index contributed by atoms with van der Waals surface area (Å²) in [5.74, 6) is 0.0830. The molecule has 1 N–H and O–H groups in total. The molecule has 1 aliphatic rings. The van der Waals surface area contributed by atoms with Gasteiger partial charge in [-0.1, -0.05) is 12.1 Å². The van der Waals surface area contributed by atoms with Gasteiger partial charge < -0.3 is 10.2 Å². The molecule has 6 nitrogen and oxygen atoms in total. The summed E-state index contributed by atoms with van der Waals surface area (Å²) in [4.78, 5) is 33.1. The molecule has 0 saturated carbocycles. The van der Waals surface area contributed by atoms with Crippen molar-refractivity contribution in [3.63, 3.8) is 0 Å². The van der Waals surface area contributed by atoms with Crippen molar-refractivity contribution >= 4 is 55.5 Å². The van der Waals surface area contributed by atoms with Crippen LogP contribution < -0.4 is 10.2 Å². The number of nitrogens with zero attached hydrogens (tertiary/aromatic N) is 3. The van der Waals surface area contributed by atoms with Crippen LogP contribution in [0, 0.1) is 0 Å². The number of imidazole rings is 1. The number of nitrogens with one attached hydrogen (secondary N) is 1. The number of hydrogen-bond donors (Lipinski definition) is 1. The van der Waals surface area contributed by atoms with E-state index >= 15 is 0 Å². The molecule has 4 heterocycles. The van der Waals surface area contributed by atoms with E-state index in [0.717, 1.165) is 39.5 Å². The molecule has 5 rings (SSSR count). The van der Waals surface area contributed by atoms with Crippen LogP contribution in [-0.2, 0) is 11.3 Å². The molecular weight excluding hydrogens is 380 g/mol. The molecule has 27 heavy (non-hydrogen) atoms. The van der Waals surface area contributed by atoms with E-state index in [4.69, 9.17) is 0 Å². The third kappa shape index (κ3) is 2.90. The van der Waals surface area contributed by atoms with E-state index in [2.05, 4.69) is 10.3 Å². The van der Waals surface area contributed by atoms with Gasteiger partial charge in [0.2, 0.25) is 5.91 Å². The minimum Gasteiger partial charge on any atom is -0.347 e. The molecule has 1 saturated heterocycles. The van der Waals surface area contributed by atoms with Crippen LogP contribution in [0.4, 0.5) is 5.69 Å². The van der Waals surface area contributed by atoms with Crippen molar-refractivity contribution in [1.29, 1.82) is 0 Å². The quantitative estimate of drug-likeness (QED) is 0.572. The van der Waals surface area contributed by atoms with Crippen molar-refractivity contribution < 1.29 is 9.59 Å². The summed E-state index contributed by atoms with van der Waals surface area (Å²) in [6.45, 7) is 1.23. The van der Waals surface area contributed by atoms with Crippen LogP contribution >= 0.6 is 22.7 Å². The number of thiophene rings is 1. The predicted octanol–water partition coefficient (Wildman–Crippen LogP) is 3.67. The topological polar surface area (TPSA) is 66.7 Å². The maximum Gasteiger partial charge on any atom is 0.261 e. The van der Waals surface area contributed by atoms with E-state index in [1.54, 1.807) is 11.3 Å². The Morgan fingerprint density at radius 1 is 1.26 bits per heavy atom. The zero-order valence-corrected chi connectivity index (χ0v) is 16.0. The second kappa shape index (κ2) is 6.47. The molecule has 136 valence electrons. The molecule has 0 radical (unpaired) electrons. The van der Waals surface area contributed by atoms with Gasteiger partial charge in [-0.3, -0.25) is 14.0 Å². The van der Waals surface area contributed by atoms with Gasteiger partial charge in [0.05, 0.1) is 10.4 Å². The lowest BCUT2D eigenvalue weighted by atomic mass is 10.2. The molecular formula is C19H16N4O2S2. The number of aromatic nitrogens is 2. The van der Waals surface area contributed by atoms with Crippen molar-refractivity contribution in [3.05, 3.63) is 52.3 Å². The van der Waals surface area contributed by atoms with Crippen molar-refractivity contribution in [2.75, 3.05) is 11.4 Å². The first-order valence-corrected chi connectivity index (χ1v) is 10.4. The summed E-state index contributed by atoms with van der Waals surface area (Å²) in [6, 6.07) is 9.69. The Labute approximate surface area is 163 Å². The maximum absolute atomic E-state index is 12.5. The first-order chi connectivity index (χ1) is 13.2. The first kappa shape index (κ1) is 16.5. The molecule has 1 aliphatic heterocycles. The lowest BCUT2D eigenvalue weighted by Crippen LogP contribution is -2.24. The third-order valence-electron chi connectivity index (χ3n) is 4.74. The van der Waals surface area contributed by atoms with Crippen molar-refractivity contribution in [2.45, 2.75) is 19.4 Å². The van der Waals surface area contributed by atoms with Gasteiger partial charge >= 0.3 is 0 Å². The number of carbonyl (C=O) groups is 2. The molecule has 0 atom stereocenters. The van der Waals surface area contributed by atoms with Gasteiger partial charge in [-0.2, -0.15) is 0 Å². The Kier molecular flexibility index (Phi) is 3.95. The average molecular weight is 396 g/mol. The summed E-state index contributed by atoms with van der Waals surface area (Å²) in [5.41, 5.74) is 2.90. The molecule has 4 aromatic rings. The van der Waals surface area contributed by atoms with E-state index in [-0.39, 0.29) is 11.8 Å². The lowest BCUT2D eigenvalue weighted by Gasteiger charge is -2.16. The Bertz CT molecular complexity index is 1160.